The Labute approximate surface area is 128 Å². The Balaban J connectivity index is 2.71. The molecule has 1 aromatic rings. The molecule has 0 unspecified atom stereocenters. The Morgan fingerprint density at radius 3 is 2.32 bits per heavy atom. The molecule has 1 N–H and O–H groups in total. The molecule has 0 bridgehead atoms. The van der Waals surface area contributed by atoms with Crippen molar-refractivity contribution in [3.8, 4) is 5.75 Å². The Kier molecular flexibility index (Phi) is 6.00. The smallest absolute Gasteiger partial charge is 0.346 e. The SMILES string of the molecule is C=CC[C@](O)(C(C)=O)C(=O)OCC(=O)c1ccc(OC)cc1. The lowest BCUT2D eigenvalue weighted by Crippen LogP contribution is -2.46. The first-order valence-corrected chi connectivity index (χ1v) is 6.54. The van der Waals surface area contributed by atoms with Crippen LogP contribution in [0.25, 0.3) is 0 Å². The second-order valence-electron chi connectivity index (χ2n) is 4.64. The molecular formula is C16H18O6. The molecule has 6 heteroatoms. The second kappa shape index (κ2) is 7.51. The lowest BCUT2D eigenvalue weighted by Gasteiger charge is -2.21. The van der Waals surface area contributed by atoms with Crippen molar-refractivity contribution in [3.05, 3.63) is 42.5 Å². The molecule has 0 saturated carbocycles. The van der Waals surface area contributed by atoms with Gasteiger partial charge in [-0.05, 0) is 31.2 Å². The minimum Gasteiger partial charge on any atom is -0.497 e. The van der Waals surface area contributed by atoms with Gasteiger partial charge in [-0.1, -0.05) is 6.08 Å². The number of ketones is 2. The summed E-state index contributed by atoms with van der Waals surface area (Å²) in [5, 5.41) is 9.99. The standard InChI is InChI=1S/C16H18O6/c1-4-9-16(20,11(2)17)15(19)22-10-14(18)12-5-7-13(21-3)8-6-12/h4-8,20H,1,9-10H2,2-3H3/t16-/m0/s1. The zero-order valence-electron chi connectivity index (χ0n) is 12.5. The summed E-state index contributed by atoms with van der Waals surface area (Å²) in [6, 6.07) is 6.24. The maximum Gasteiger partial charge on any atom is 0.346 e. The highest BCUT2D eigenvalue weighted by atomic mass is 16.6. The highest BCUT2D eigenvalue weighted by Gasteiger charge is 2.41. The number of benzene rings is 1. The maximum atomic E-state index is 11.9. The van der Waals surface area contributed by atoms with Gasteiger partial charge in [0.25, 0.3) is 0 Å². The molecule has 0 amide bonds. The van der Waals surface area contributed by atoms with E-state index in [9.17, 15) is 19.5 Å². The van der Waals surface area contributed by atoms with Crippen LogP contribution in [0.5, 0.6) is 5.75 Å². The van der Waals surface area contributed by atoms with Gasteiger partial charge in [0.15, 0.2) is 18.2 Å². The van der Waals surface area contributed by atoms with Crippen LogP contribution in [0, 0.1) is 0 Å². The molecule has 1 atom stereocenters. The Morgan fingerprint density at radius 2 is 1.86 bits per heavy atom. The van der Waals surface area contributed by atoms with E-state index in [-0.39, 0.29) is 6.42 Å². The number of esters is 1. The molecule has 0 radical (unpaired) electrons. The monoisotopic (exact) mass is 306 g/mol. The number of carbonyl (C=O) groups is 3. The van der Waals surface area contributed by atoms with Crippen LogP contribution in [0.2, 0.25) is 0 Å². The van der Waals surface area contributed by atoms with E-state index in [0.717, 1.165) is 6.92 Å². The van der Waals surface area contributed by atoms with E-state index in [1.54, 1.807) is 12.1 Å². The summed E-state index contributed by atoms with van der Waals surface area (Å²) in [6.07, 6.45) is 0.950. The van der Waals surface area contributed by atoms with E-state index in [1.807, 2.05) is 0 Å². The first-order valence-electron chi connectivity index (χ1n) is 6.54. The van der Waals surface area contributed by atoms with Crippen LogP contribution in [-0.2, 0) is 14.3 Å². The predicted octanol–water partition coefficient (Wildman–Crippen LogP) is 1.32. The summed E-state index contributed by atoms with van der Waals surface area (Å²) in [5.41, 5.74) is -1.98. The number of hydrogen-bond acceptors (Lipinski definition) is 6. The number of hydrogen-bond donors (Lipinski definition) is 1. The van der Waals surface area contributed by atoms with Crippen molar-refractivity contribution in [1.29, 1.82) is 0 Å². The van der Waals surface area contributed by atoms with E-state index in [0.29, 0.717) is 11.3 Å². The van der Waals surface area contributed by atoms with Gasteiger partial charge >= 0.3 is 5.97 Å². The van der Waals surface area contributed by atoms with Crippen molar-refractivity contribution in [2.24, 2.45) is 0 Å². The van der Waals surface area contributed by atoms with Crippen LogP contribution < -0.4 is 4.74 Å². The molecule has 0 aromatic heterocycles. The van der Waals surface area contributed by atoms with Crippen molar-refractivity contribution < 1.29 is 29.0 Å². The fraction of sp³-hybridized carbons (Fsp3) is 0.312. The quantitative estimate of drug-likeness (QED) is 0.337. The van der Waals surface area contributed by atoms with Crippen molar-refractivity contribution >= 4 is 17.5 Å². The molecule has 6 nitrogen and oxygen atoms in total. The molecule has 0 heterocycles. The van der Waals surface area contributed by atoms with Crippen LogP contribution in [0.15, 0.2) is 36.9 Å². The number of methoxy groups -OCH3 is 1. The average molecular weight is 306 g/mol. The lowest BCUT2D eigenvalue weighted by molar-refractivity contribution is -0.168. The lowest BCUT2D eigenvalue weighted by atomic mass is 9.95. The second-order valence-corrected chi connectivity index (χ2v) is 4.64. The van der Waals surface area contributed by atoms with Crippen molar-refractivity contribution in [3.63, 3.8) is 0 Å². The van der Waals surface area contributed by atoms with Crippen LogP contribution in [0.1, 0.15) is 23.7 Å². The van der Waals surface area contributed by atoms with E-state index in [2.05, 4.69) is 6.58 Å². The molecule has 0 saturated heterocycles. The number of carbonyl (C=O) groups excluding carboxylic acids is 3. The molecule has 0 aliphatic carbocycles. The first-order chi connectivity index (χ1) is 10.3. The summed E-state index contributed by atoms with van der Waals surface area (Å²) >= 11 is 0. The van der Waals surface area contributed by atoms with Crippen LogP contribution in [0.3, 0.4) is 0 Å². The van der Waals surface area contributed by atoms with Gasteiger partial charge in [0.1, 0.15) is 5.75 Å². The molecule has 0 spiro atoms. The Hall–Kier alpha value is -2.47. The Morgan fingerprint density at radius 1 is 1.27 bits per heavy atom. The number of ether oxygens (including phenoxy) is 2. The molecule has 0 aliphatic rings. The zero-order valence-corrected chi connectivity index (χ0v) is 12.5. The molecular weight excluding hydrogens is 288 g/mol. The minimum atomic E-state index is -2.30. The summed E-state index contributed by atoms with van der Waals surface area (Å²) in [5.74, 6) is -1.80. The maximum absolute atomic E-state index is 11.9. The van der Waals surface area contributed by atoms with E-state index < -0.39 is 29.7 Å². The van der Waals surface area contributed by atoms with Gasteiger partial charge in [0.05, 0.1) is 7.11 Å². The van der Waals surface area contributed by atoms with Crippen LogP contribution in [0.4, 0.5) is 0 Å². The number of Topliss-reactive ketones (excluding diaryl/α,β-unsaturated/α-hetero) is 2. The van der Waals surface area contributed by atoms with Gasteiger partial charge in [0.2, 0.25) is 5.60 Å². The van der Waals surface area contributed by atoms with Gasteiger partial charge in [-0.15, -0.1) is 6.58 Å². The normalized spacial score (nSPS) is 12.9. The van der Waals surface area contributed by atoms with E-state index >= 15 is 0 Å². The van der Waals surface area contributed by atoms with Gasteiger partial charge in [-0.2, -0.15) is 0 Å². The largest absolute Gasteiger partial charge is 0.497 e. The van der Waals surface area contributed by atoms with Gasteiger partial charge in [-0.25, -0.2) is 4.79 Å². The minimum absolute atomic E-state index is 0.280. The summed E-state index contributed by atoms with van der Waals surface area (Å²) < 4.78 is 9.72. The number of rotatable bonds is 8. The third-order valence-corrected chi connectivity index (χ3v) is 3.11. The number of aliphatic hydroxyl groups is 1. The summed E-state index contributed by atoms with van der Waals surface area (Å²) in [6.45, 7) is 3.86. The predicted molar refractivity (Wildman–Crippen MR) is 78.7 cm³/mol. The van der Waals surface area contributed by atoms with Crippen molar-refractivity contribution in [1.82, 2.24) is 0 Å². The summed E-state index contributed by atoms with van der Waals surface area (Å²) in [4.78, 5) is 35.1. The molecule has 0 fully saturated rings. The molecule has 1 aromatic carbocycles. The third kappa shape index (κ3) is 4.02. The molecule has 22 heavy (non-hydrogen) atoms. The zero-order chi connectivity index (χ0) is 16.8. The van der Waals surface area contributed by atoms with E-state index in [4.69, 9.17) is 9.47 Å². The fourth-order valence-corrected chi connectivity index (χ4v) is 1.69. The molecule has 118 valence electrons. The Bertz CT molecular complexity index is 575. The topological polar surface area (TPSA) is 89.9 Å². The van der Waals surface area contributed by atoms with Crippen molar-refractivity contribution in [2.45, 2.75) is 18.9 Å². The average Bonchev–Trinajstić information content (AvgIpc) is 2.52. The highest BCUT2D eigenvalue weighted by molar-refractivity contribution is 6.07. The third-order valence-electron chi connectivity index (χ3n) is 3.11. The highest BCUT2D eigenvalue weighted by Crippen LogP contribution is 2.16. The molecule has 0 aliphatic heterocycles. The van der Waals surface area contributed by atoms with Crippen LogP contribution in [-0.4, -0.2) is 42.0 Å². The van der Waals surface area contributed by atoms with Gasteiger partial charge in [-0.3, -0.25) is 9.59 Å². The van der Waals surface area contributed by atoms with E-state index in [1.165, 1.54) is 25.3 Å². The van der Waals surface area contributed by atoms with Gasteiger partial charge < -0.3 is 14.6 Å². The van der Waals surface area contributed by atoms with Crippen molar-refractivity contribution in [2.75, 3.05) is 13.7 Å². The van der Waals surface area contributed by atoms with Gasteiger partial charge in [0, 0.05) is 12.0 Å². The molecule has 1 rings (SSSR count). The first kappa shape index (κ1) is 17.6. The fourth-order valence-electron chi connectivity index (χ4n) is 1.69. The van der Waals surface area contributed by atoms with Crippen LogP contribution >= 0.6 is 0 Å². The summed E-state index contributed by atoms with van der Waals surface area (Å²) in [7, 11) is 1.50.